The van der Waals surface area contributed by atoms with E-state index < -0.39 is 0 Å². The predicted molar refractivity (Wildman–Crippen MR) is 74.3 cm³/mol. The molecular formula is C14H23N3O. The van der Waals surface area contributed by atoms with Crippen molar-refractivity contribution in [2.24, 2.45) is 11.7 Å². The molecule has 0 bridgehead atoms. The average Bonchev–Trinajstić information content (AvgIpc) is 2.12. The average molecular weight is 249 g/mol. The molecule has 0 fully saturated rings. The van der Waals surface area contributed by atoms with Gasteiger partial charge in [-0.05, 0) is 44.7 Å². The molecule has 18 heavy (non-hydrogen) atoms. The highest BCUT2D eigenvalue weighted by molar-refractivity contribution is 5.98. The van der Waals surface area contributed by atoms with Crippen LogP contribution in [0.1, 0.15) is 44.0 Å². The van der Waals surface area contributed by atoms with Crippen LogP contribution in [0.15, 0.2) is 6.07 Å². The minimum Gasteiger partial charge on any atom is -0.474 e. The Morgan fingerprint density at radius 2 is 2.00 bits per heavy atom. The fourth-order valence-electron chi connectivity index (χ4n) is 2.12. The lowest BCUT2D eigenvalue weighted by molar-refractivity contribution is 0.185. The van der Waals surface area contributed by atoms with E-state index in [4.69, 9.17) is 15.9 Å². The van der Waals surface area contributed by atoms with Gasteiger partial charge >= 0.3 is 0 Å². The highest BCUT2D eigenvalue weighted by Gasteiger charge is 2.16. The zero-order valence-electron chi connectivity index (χ0n) is 11.9. The van der Waals surface area contributed by atoms with Crippen LogP contribution in [0.3, 0.4) is 0 Å². The van der Waals surface area contributed by atoms with Crippen molar-refractivity contribution in [2.75, 3.05) is 0 Å². The number of amidine groups is 1. The van der Waals surface area contributed by atoms with E-state index in [1.807, 2.05) is 26.8 Å². The number of ether oxygens (including phenoxy) is 1. The molecule has 0 aliphatic heterocycles. The Kier molecular flexibility index (Phi) is 4.70. The number of hydrogen-bond donors (Lipinski definition) is 2. The molecule has 1 atom stereocenters. The molecule has 0 amide bonds. The van der Waals surface area contributed by atoms with Crippen LogP contribution in [0.2, 0.25) is 0 Å². The molecule has 3 N–H and O–H groups in total. The Morgan fingerprint density at radius 1 is 1.39 bits per heavy atom. The molecule has 0 aromatic carbocycles. The first-order valence-corrected chi connectivity index (χ1v) is 6.30. The summed E-state index contributed by atoms with van der Waals surface area (Å²) in [5.74, 6) is 1.05. The van der Waals surface area contributed by atoms with Gasteiger partial charge < -0.3 is 10.5 Å². The van der Waals surface area contributed by atoms with Crippen LogP contribution in [0.25, 0.3) is 0 Å². The molecule has 1 heterocycles. The zero-order chi connectivity index (χ0) is 13.9. The van der Waals surface area contributed by atoms with E-state index in [1.54, 1.807) is 0 Å². The topological polar surface area (TPSA) is 72.0 Å². The normalized spacial score (nSPS) is 12.6. The molecule has 1 aromatic heterocycles. The summed E-state index contributed by atoms with van der Waals surface area (Å²) in [6.45, 7) is 10.2. The van der Waals surface area contributed by atoms with Crippen molar-refractivity contribution in [1.82, 2.24) is 4.98 Å². The molecule has 0 spiro atoms. The molecule has 0 saturated heterocycles. The Balaban J connectivity index is 3.03. The van der Waals surface area contributed by atoms with Crippen molar-refractivity contribution in [3.63, 3.8) is 0 Å². The van der Waals surface area contributed by atoms with Gasteiger partial charge in [0.2, 0.25) is 5.88 Å². The van der Waals surface area contributed by atoms with Gasteiger partial charge in [-0.15, -0.1) is 0 Å². The first-order chi connectivity index (χ1) is 8.31. The van der Waals surface area contributed by atoms with Gasteiger partial charge in [0.1, 0.15) is 5.84 Å². The van der Waals surface area contributed by atoms with E-state index in [0.29, 0.717) is 17.4 Å². The Bertz CT molecular complexity index is 441. The first kappa shape index (κ1) is 14.5. The van der Waals surface area contributed by atoms with Crippen LogP contribution in [0.4, 0.5) is 0 Å². The molecular weight excluding hydrogens is 226 g/mol. The van der Waals surface area contributed by atoms with Crippen molar-refractivity contribution < 1.29 is 4.74 Å². The lowest BCUT2D eigenvalue weighted by atomic mass is 10.1. The summed E-state index contributed by atoms with van der Waals surface area (Å²) in [7, 11) is 0. The van der Waals surface area contributed by atoms with Crippen molar-refractivity contribution in [3.8, 4) is 5.88 Å². The van der Waals surface area contributed by atoms with E-state index in [1.165, 1.54) is 0 Å². The second-order valence-corrected chi connectivity index (χ2v) is 5.23. The maximum absolute atomic E-state index is 7.63. The van der Waals surface area contributed by atoms with Gasteiger partial charge in [-0.25, -0.2) is 4.98 Å². The molecule has 1 unspecified atom stereocenters. The van der Waals surface area contributed by atoms with Gasteiger partial charge in [0, 0.05) is 5.69 Å². The lowest BCUT2D eigenvalue weighted by Gasteiger charge is -2.19. The third-order valence-electron chi connectivity index (χ3n) is 2.70. The van der Waals surface area contributed by atoms with Gasteiger partial charge in [-0.2, -0.15) is 0 Å². The number of nitrogens with zero attached hydrogens (tertiary/aromatic N) is 1. The third-order valence-corrected chi connectivity index (χ3v) is 2.70. The number of aryl methyl sites for hydroxylation is 2. The van der Waals surface area contributed by atoms with Crippen LogP contribution < -0.4 is 10.5 Å². The first-order valence-electron chi connectivity index (χ1n) is 6.30. The minimum atomic E-state index is 0.00625. The second-order valence-electron chi connectivity index (χ2n) is 5.23. The maximum atomic E-state index is 7.63. The highest BCUT2D eigenvalue weighted by atomic mass is 16.5. The summed E-state index contributed by atoms with van der Waals surface area (Å²) in [5.41, 5.74) is 8.02. The maximum Gasteiger partial charge on any atom is 0.225 e. The number of hydrogen-bond acceptors (Lipinski definition) is 3. The number of nitrogen functional groups attached to an aromatic ring is 1. The summed E-state index contributed by atoms with van der Waals surface area (Å²) < 4.78 is 5.85. The van der Waals surface area contributed by atoms with E-state index in [9.17, 15) is 0 Å². The Morgan fingerprint density at radius 3 is 2.50 bits per heavy atom. The summed E-state index contributed by atoms with van der Waals surface area (Å²) >= 11 is 0. The SMILES string of the molecule is Cc1cc(C)c(C(=N)N)c(OC(C)CC(C)C)n1. The number of aromatic nitrogens is 1. The number of nitrogens with two attached hydrogens (primary N) is 1. The van der Waals surface area contributed by atoms with Crippen molar-refractivity contribution in [1.29, 1.82) is 5.41 Å². The van der Waals surface area contributed by atoms with Crippen LogP contribution in [0, 0.1) is 25.2 Å². The van der Waals surface area contributed by atoms with Gasteiger partial charge in [0.25, 0.3) is 0 Å². The fourth-order valence-corrected chi connectivity index (χ4v) is 2.12. The van der Waals surface area contributed by atoms with Gasteiger partial charge in [-0.1, -0.05) is 13.8 Å². The lowest BCUT2D eigenvalue weighted by Crippen LogP contribution is -2.21. The van der Waals surface area contributed by atoms with Crippen LogP contribution in [0.5, 0.6) is 5.88 Å². The highest BCUT2D eigenvalue weighted by Crippen LogP contribution is 2.22. The number of rotatable bonds is 5. The monoisotopic (exact) mass is 249 g/mol. The standard InChI is InChI=1S/C14H23N3O/c1-8(2)6-11(5)18-14-12(13(15)16)9(3)7-10(4)17-14/h7-8,11H,6H2,1-5H3,(H3,15,16). The van der Waals surface area contributed by atoms with Crippen LogP contribution in [-0.4, -0.2) is 16.9 Å². The fraction of sp³-hybridized carbons (Fsp3) is 0.571. The molecule has 0 radical (unpaired) electrons. The molecule has 4 heteroatoms. The van der Waals surface area contributed by atoms with Crippen molar-refractivity contribution >= 4 is 5.84 Å². The van der Waals surface area contributed by atoms with Gasteiger partial charge in [-0.3, -0.25) is 5.41 Å². The number of pyridine rings is 1. The molecule has 100 valence electrons. The van der Waals surface area contributed by atoms with Crippen molar-refractivity contribution in [3.05, 3.63) is 22.9 Å². The molecule has 0 aliphatic carbocycles. The molecule has 4 nitrogen and oxygen atoms in total. The number of nitrogens with one attached hydrogen (secondary N) is 1. The van der Waals surface area contributed by atoms with Gasteiger partial charge in [0.15, 0.2) is 0 Å². The predicted octanol–water partition coefficient (Wildman–Crippen LogP) is 2.80. The Labute approximate surface area is 109 Å². The summed E-state index contributed by atoms with van der Waals surface area (Å²) in [6, 6.07) is 1.91. The van der Waals surface area contributed by atoms with Crippen LogP contribution in [-0.2, 0) is 0 Å². The minimum absolute atomic E-state index is 0.00625. The summed E-state index contributed by atoms with van der Waals surface area (Å²) in [4.78, 5) is 4.36. The molecule has 0 saturated carbocycles. The smallest absolute Gasteiger partial charge is 0.225 e. The largest absolute Gasteiger partial charge is 0.474 e. The van der Waals surface area contributed by atoms with E-state index in [0.717, 1.165) is 17.7 Å². The van der Waals surface area contributed by atoms with E-state index in [-0.39, 0.29) is 11.9 Å². The molecule has 1 aromatic rings. The third kappa shape index (κ3) is 3.72. The van der Waals surface area contributed by atoms with Crippen molar-refractivity contribution in [2.45, 2.75) is 47.1 Å². The van der Waals surface area contributed by atoms with E-state index in [2.05, 4.69) is 18.8 Å². The quantitative estimate of drug-likeness (QED) is 0.622. The van der Waals surface area contributed by atoms with Crippen LogP contribution >= 0.6 is 0 Å². The van der Waals surface area contributed by atoms with Gasteiger partial charge in [0.05, 0.1) is 11.7 Å². The zero-order valence-corrected chi connectivity index (χ0v) is 11.9. The summed E-state index contributed by atoms with van der Waals surface area (Å²) in [5, 5.41) is 7.63. The van der Waals surface area contributed by atoms with E-state index >= 15 is 0 Å². The summed E-state index contributed by atoms with van der Waals surface area (Å²) in [6.07, 6.45) is 1.02. The molecule has 0 aliphatic rings. The molecule has 1 rings (SSSR count). The Hall–Kier alpha value is -1.58. The second kappa shape index (κ2) is 5.85.